The molecule has 2 unspecified atom stereocenters. The van der Waals surface area contributed by atoms with Gasteiger partial charge in [0, 0.05) is 12.5 Å². The highest BCUT2D eigenvalue weighted by Crippen LogP contribution is 2.29. The van der Waals surface area contributed by atoms with Crippen molar-refractivity contribution in [1.82, 2.24) is 4.90 Å². The van der Waals surface area contributed by atoms with Crippen LogP contribution in [0.5, 0.6) is 0 Å². The van der Waals surface area contributed by atoms with Crippen molar-refractivity contribution in [3.63, 3.8) is 0 Å². The van der Waals surface area contributed by atoms with Crippen molar-refractivity contribution in [3.05, 3.63) is 30.8 Å². The fourth-order valence-corrected chi connectivity index (χ4v) is 1.77. The van der Waals surface area contributed by atoms with Gasteiger partial charge in [0.1, 0.15) is 0 Å². The maximum atomic E-state index is 10.4. The summed E-state index contributed by atoms with van der Waals surface area (Å²) in [6, 6.07) is 0. The van der Waals surface area contributed by atoms with Crippen molar-refractivity contribution in [3.8, 4) is 0 Å². The van der Waals surface area contributed by atoms with E-state index in [1.807, 2.05) is 13.0 Å². The lowest BCUT2D eigenvalue weighted by molar-refractivity contribution is 0.278. The van der Waals surface area contributed by atoms with Crippen molar-refractivity contribution < 1.29 is 4.79 Å². The van der Waals surface area contributed by atoms with Crippen LogP contribution in [0.2, 0.25) is 0 Å². The summed E-state index contributed by atoms with van der Waals surface area (Å²) in [6.07, 6.45) is 11.4. The van der Waals surface area contributed by atoms with E-state index in [1.54, 1.807) is 4.90 Å². The molecule has 0 N–H and O–H groups in total. The minimum Gasteiger partial charge on any atom is -0.329 e. The molecule has 0 aromatic heterocycles. The van der Waals surface area contributed by atoms with E-state index in [1.165, 1.54) is 0 Å². The Hall–Kier alpha value is -1.05. The molecule has 2 aliphatic rings. The normalized spacial score (nSPS) is 33.2. The summed E-state index contributed by atoms with van der Waals surface area (Å²) in [4.78, 5) is 12.0. The monoisotopic (exact) mass is 161 g/mol. The van der Waals surface area contributed by atoms with Crippen LogP contribution in [0.25, 0.3) is 0 Å². The number of allylic oxidation sites excluding steroid dienone is 3. The lowest BCUT2D eigenvalue weighted by Gasteiger charge is -2.33. The van der Waals surface area contributed by atoms with E-state index in [4.69, 9.17) is 0 Å². The molecule has 2 radical (unpaired) electrons. The molecular weight excluding hydrogens is 150 g/mol. The van der Waals surface area contributed by atoms with Gasteiger partial charge in [0.25, 0.3) is 0 Å². The number of hydrogen-bond donors (Lipinski definition) is 0. The first kappa shape index (κ1) is 7.59. The Kier molecular flexibility index (Phi) is 1.98. The lowest BCUT2D eigenvalue weighted by Crippen LogP contribution is -2.35. The van der Waals surface area contributed by atoms with Crippen molar-refractivity contribution in [1.29, 1.82) is 0 Å². The minimum absolute atomic E-state index is 0.501. The standard InChI is InChI=1S/C10H11NO/c12-8-11-6-5-9-3-1-2-4-10(9)7-11/h1-4,6,9-10H,5,7H2. The molecule has 2 heteroatoms. The first-order valence-electron chi connectivity index (χ1n) is 4.23. The quantitative estimate of drug-likeness (QED) is 0.567. The van der Waals surface area contributed by atoms with E-state index in [0.29, 0.717) is 11.8 Å². The lowest BCUT2D eigenvalue weighted by atomic mass is 9.83. The molecule has 1 aliphatic carbocycles. The maximum Gasteiger partial charge on any atom is 0.312 e. The summed E-state index contributed by atoms with van der Waals surface area (Å²) in [6.45, 7) is 2.71. The molecule has 1 fully saturated rings. The molecule has 12 heavy (non-hydrogen) atoms. The SMILES string of the molecule is O=[C]N1[CH]CC2C=CC=CC2C1. The van der Waals surface area contributed by atoms with Crippen LogP contribution in [-0.4, -0.2) is 17.9 Å². The van der Waals surface area contributed by atoms with Gasteiger partial charge in [0.05, 0.1) is 6.54 Å². The fourth-order valence-electron chi connectivity index (χ4n) is 1.77. The first-order chi connectivity index (χ1) is 5.90. The molecule has 0 saturated carbocycles. The van der Waals surface area contributed by atoms with Crippen LogP contribution >= 0.6 is 0 Å². The Bertz CT molecular complexity index is 232. The second-order valence-corrected chi connectivity index (χ2v) is 3.26. The third-order valence-corrected chi connectivity index (χ3v) is 2.50. The van der Waals surface area contributed by atoms with Gasteiger partial charge in [-0.25, -0.2) is 0 Å². The van der Waals surface area contributed by atoms with Crippen molar-refractivity contribution in [2.24, 2.45) is 11.8 Å². The summed E-state index contributed by atoms with van der Waals surface area (Å²) in [5.74, 6) is 1.10. The number of nitrogens with zero attached hydrogens (tertiary/aromatic N) is 1. The average Bonchev–Trinajstić information content (AvgIpc) is 2.17. The molecule has 2 rings (SSSR count). The van der Waals surface area contributed by atoms with E-state index in [2.05, 4.69) is 24.3 Å². The topological polar surface area (TPSA) is 20.3 Å². The predicted octanol–water partition coefficient (Wildman–Crippen LogP) is 1.28. The Morgan fingerprint density at radius 2 is 2.00 bits per heavy atom. The average molecular weight is 161 g/mol. The Morgan fingerprint density at radius 3 is 2.75 bits per heavy atom. The Morgan fingerprint density at radius 1 is 1.25 bits per heavy atom. The Balaban J connectivity index is 2.05. The minimum atomic E-state index is 0.501. The Labute approximate surface area is 72.6 Å². The zero-order chi connectivity index (χ0) is 8.39. The van der Waals surface area contributed by atoms with Crippen LogP contribution in [0.1, 0.15) is 6.42 Å². The third kappa shape index (κ3) is 1.29. The summed E-state index contributed by atoms with van der Waals surface area (Å²) in [5.41, 5.74) is 0. The molecule has 62 valence electrons. The molecule has 1 heterocycles. The zero-order valence-corrected chi connectivity index (χ0v) is 6.81. The molecular formula is C10H11NO. The number of piperidine rings is 1. The highest BCUT2D eigenvalue weighted by molar-refractivity contribution is 5.50. The summed E-state index contributed by atoms with van der Waals surface area (Å²) >= 11 is 0. The van der Waals surface area contributed by atoms with Crippen LogP contribution in [0, 0.1) is 18.4 Å². The van der Waals surface area contributed by atoms with Crippen LogP contribution in [0.4, 0.5) is 0 Å². The second-order valence-electron chi connectivity index (χ2n) is 3.26. The van der Waals surface area contributed by atoms with Gasteiger partial charge in [-0.2, -0.15) is 0 Å². The van der Waals surface area contributed by atoms with E-state index in [-0.39, 0.29) is 0 Å². The van der Waals surface area contributed by atoms with Crippen molar-refractivity contribution >= 4 is 6.41 Å². The zero-order valence-electron chi connectivity index (χ0n) is 6.81. The van der Waals surface area contributed by atoms with Gasteiger partial charge in [-0.3, -0.25) is 4.79 Å². The number of hydrogen-bond acceptors (Lipinski definition) is 1. The van der Waals surface area contributed by atoms with Gasteiger partial charge in [-0.15, -0.1) is 0 Å². The smallest absolute Gasteiger partial charge is 0.312 e. The molecule has 0 aromatic carbocycles. The number of rotatable bonds is 1. The van der Waals surface area contributed by atoms with Crippen LogP contribution in [-0.2, 0) is 4.79 Å². The van der Waals surface area contributed by atoms with Crippen LogP contribution in [0.15, 0.2) is 24.3 Å². The largest absolute Gasteiger partial charge is 0.329 e. The first-order valence-corrected chi connectivity index (χ1v) is 4.23. The second kappa shape index (κ2) is 3.13. The summed E-state index contributed by atoms with van der Waals surface area (Å²) < 4.78 is 0. The molecule has 0 bridgehead atoms. The molecule has 2 nitrogen and oxygen atoms in total. The molecule has 1 aliphatic heterocycles. The van der Waals surface area contributed by atoms with Crippen molar-refractivity contribution in [2.75, 3.05) is 6.54 Å². The molecule has 0 aromatic rings. The van der Waals surface area contributed by atoms with Gasteiger partial charge in [-0.05, 0) is 12.3 Å². The number of carbonyl (C=O) groups excluding carboxylic acids is 1. The molecule has 0 spiro atoms. The van der Waals surface area contributed by atoms with E-state index < -0.39 is 0 Å². The van der Waals surface area contributed by atoms with Crippen LogP contribution in [0.3, 0.4) is 0 Å². The fraction of sp³-hybridized carbons (Fsp3) is 0.400. The highest BCUT2D eigenvalue weighted by atomic mass is 16.1. The van der Waals surface area contributed by atoms with E-state index in [9.17, 15) is 4.79 Å². The summed E-state index contributed by atoms with van der Waals surface area (Å²) in [5, 5.41) is 0. The number of fused-ring (bicyclic) bond motifs is 1. The van der Waals surface area contributed by atoms with Gasteiger partial charge < -0.3 is 4.90 Å². The van der Waals surface area contributed by atoms with Gasteiger partial charge >= 0.3 is 6.41 Å². The highest BCUT2D eigenvalue weighted by Gasteiger charge is 2.26. The molecule has 1 amide bonds. The third-order valence-electron chi connectivity index (χ3n) is 2.50. The van der Waals surface area contributed by atoms with Crippen molar-refractivity contribution in [2.45, 2.75) is 6.42 Å². The predicted molar refractivity (Wildman–Crippen MR) is 46.6 cm³/mol. The van der Waals surface area contributed by atoms with E-state index in [0.717, 1.165) is 13.0 Å². The maximum absolute atomic E-state index is 10.4. The van der Waals surface area contributed by atoms with Gasteiger partial charge in [0.15, 0.2) is 0 Å². The number of amides is 1. The molecule has 1 saturated heterocycles. The molecule has 2 atom stereocenters. The van der Waals surface area contributed by atoms with E-state index >= 15 is 0 Å². The summed E-state index contributed by atoms with van der Waals surface area (Å²) in [7, 11) is 0. The number of likely N-dealkylation sites (tertiary alicyclic amines) is 1. The van der Waals surface area contributed by atoms with Gasteiger partial charge in [-0.1, -0.05) is 24.3 Å². The van der Waals surface area contributed by atoms with Crippen LogP contribution < -0.4 is 0 Å². The van der Waals surface area contributed by atoms with Gasteiger partial charge in [0.2, 0.25) is 0 Å².